The molecule has 1 heterocycles. The Morgan fingerprint density at radius 1 is 0.933 bits per heavy atom. The van der Waals surface area contributed by atoms with Crippen molar-refractivity contribution in [1.29, 1.82) is 0 Å². The van der Waals surface area contributed by atoms with E-state index in [4.69, 9.17) is 11.1 Å². The Bertz CT molecular complexity index is 237. The summed E-state index contributed by atoms with van der Waals surface area (Å²) in [5.41, 5.74) is 0. The SMILES string of the molecule is C[SiH](Cl)N1[Si](C)(C)N[Si](C)(C)N[Si]1(C)C. The van der Waals surface area contributed by atoms with Crippen molar-refractivity contribution in [3.63, 3.8) is 0 Å². The summed E-state index contributed by atoms with van der Waals surface area (Å²) in [7, 11) is -5.60. The highest BCUT2D eigenvalue weighted by atomic mass is 35.6. The summed E-state index contributed by atoms with van der Waals surface area (Å²) in [5, 5.41) is 0. The molecule has 0 saturated carbocycles. The van der Waals surface area contributed by atoms with Gasteiger partial charge in [0.2, 0.25) is 0 Å². The summed E-state index contributed by atoms with van der Waals surface area (Å²) in [6, 6.07) is 0. The zero-order chi connectivity index (χ0) is 12.1. The highest BCUT2D eigenvalue weighted by Crippen LogP contribution is 2.25. The summed E-state index contributed by atoms with van der Waals surface area (Å²) < 4.78 is 10.5. The largest absolute Gasteiger partial charge is 0.337 e. The van der Waals surface area contributed by atoms with Crippen LogP contribution < -0.4 is 9.30 Å². The van der Waals surface area contributed by atoms with E-state index in [0.717, 1.165) is 0 Å². The first-order chi connectivity index (χ1) is 6.48. The molecule has 0 aromatic heterocycles. The fraction of sp³-hybridized carbons (Fsp3) is 1.00. The van der Waals surface area contributed by atoms with Crippen molar-refractivity contribution in [3.8, 4) is 0 Å². The van der Waals surface area contributed by atoms with E-state index in [-0.39, 0.29) is 0 Å². The van der Waals surface area contributed by atoms with Crippen LogP contribution in [0.3, 0.4) is 0 Å². The summed E-state index contributed by atoms with van der Waals surface area (Å²) in [6.45, 7) is 16.6. The highest BCUT2D eigenvalue weighted by molar-refractivity contribution is 7.19. The van der Waals surface area contributed by atoms with Gasteiger partial charge in [0.25, 0.3) is 0 Å². The number of rotatable bonds is 1. The molecule has 1 aliphatic rings. The minimum absolute atomic E-state index is 1.23. The van der Waals surface area contributed by atoms with Gasteiger partial charge in [-0.2, -0.15) is 11.1 Å². The molecular formula is C7H24ClN3Si4. The number of hydrogen-bond donors (Lipinski definition) is 2. The maximum atomic E-state index is 6.49. The van der Waals surface area contributed by atoms with Crippen LogP contribution in [0.2, 0.25) is 45.8 Å². The zero-order valence-corrected chi connectivity index (χ0v) is 15.8. The highest BCUT2D eigenvalue weighted by Gasteiger charge is 2.52. The second-order valence-electron chi connectivity index (χ2n) is 5.94. The van der Waals surface area contributed by atoms with Crippen molar-refractivity contribution in [3.05, 3.63) is 0 Å². The molecule has 1 saturated heterocycles. The second kappa shape index (κ2) is 4.05. The zero-order valence-electron chi connectivity index (χ0n) is 10.9. The first-order valence-electron chi connectivity index (χ1n) is 5.50. The predicted molar refractivity (Wildman–Crippen MR) is 79.4 cm³/mol. The Hall–Kier alpha value is 1.04. The number of hydrogen-bond acceptors (Lipinski definition) is 3. The topological polar surface area (TPSA) is 27.3 Å². The molecule has 90 valence electrons. The maximum absolute atomic E-state index is 6.49. The number of nitrogens with zero attached hydrogens (tertiary/aromatic N) is 1. The van der Waals surface area contributed by atoms with Gasteiger partial charge in [0.05, 0.1) is 0 Å². The molecule has 1 rings (SSSR count). The van der Waals surface area contributed by atoms with Crippen LogP contribution in [-0.4, -0.2) is 37.4 Å². The molecule has 1 atom stereocenters. The average Bonchev–Trinajstić information content (AvgIpc) is 1.71. The van der Waals surface area contributed by atoms with Gasteiger partial charge < -0.3 is 13.2 Å². The fourth-order valence-corrected chi connectivity index (χ4v) is 36.5. The third-order valence-electron chi connectivity index (χ3n) is 2.80. The van der Waals surface area contributed by atoms with Gasteiger partial charge in [0.1, 0.15) is 0 Å². The van der Waals surface area contributed by atoms with Gasteiger partial charge in [-0.3, -0.25) is 0 Å². The normalized spacial score (nSPS) is 31.2. The molecule has 8 heteroatoms. The maximum Gasteiger partial charge on any atom is 0.199 e. The van der Waals surface area contributed by atoms with Crippen LogP contribution in [0.4, 0.5) is 0 Å². The summed E-state index contributed by atoms with van der Waals surface area (Å²) >= 11 is 6.49. The van der Waals surface area contributed by atoms with Gasteiger partial charge in [0, 0.05) is 0 Å². The van der Waals surface area contributed by atoms with Gasteiger partial charge >= 0.3 is 0 Å². The van der Waals surface area contributed by atoms with Crippen LogP contribution in [0.5, 0.6) is 0 Å². The van der Waals surface area contributed by atoms with Crippen molar-refractivity contribution in [2.45, 2.75) is 45.8 Å². The van der Waals surface area contributed by atoms with Crippen LogP contribution in [0.15, 0.2) is 0 Å². The van der Waals surface area contributed by atoms with E-state index in [2.05, 4.69) is 59.0 Å². The summed E-state index contributed by atoms with van der Waals surface area (Å²) in [5.74, 6) is 0. The van der Waals surface area contributed by atoms with E-state index in [1.807, 2.05) is 0 Å². The lowest BCUT2D eigenvalue weighted by Gasteiger charge is -2.58. The van der Waals surface area contributed by atoms with Crippen molar-refractivity contribution >= 4 is 44.5 Å². The van der Waals surface area contributed by atoms with E-state index in [9.17, 15) is 0 Å². The number of nitrogens with one attached hydrogen (secondary N) is 2. The molecule has 0 aromatic rings. The van der Waals surface area contributed by atoms with E-state index < -0.39 is 33.5 Å². The minimum atomic E-state index is -1.48. The molecule has 15 heavy (non-hydrogen) atoms. The molecule has 2 N–H and O–H groups in total. The summed E-state index contributed by atoms with van der Waals surface area (Å²) in [6.07, 6.45) is 0. The predicted octanol–water partition coefficient (Wildman–Crippen LogP) is 1.68. The first kappa shape index (κ1) is 14.1. The fourth-order valence-electron chi connectivity index (χ4n) is 3.27. The van der Waals surface area contributed by atoms with Crippen molar-refractivity contribution in [1.82, 2.24) is 13.2 Å². The molecule has 0 spiro atoms. The molecule has 0 amide bonds. The van der Waals surface area contributed by atoms with E-state index in [0.29, 0.717) is 0 Å². The minimum Gasteiger partial charge on any atom is -0.337 e. The molecule has 1 unspecified atom stereocenters. The van der Waals surface area contributed by atoms with E-state index >= 15 is 0 Å². The molecule has 0 bridgehead atoms. The van der Waals surface area contributed by atoms with Gasteiger partial charge in [-0.25, -0.2) is 0 Å². The lowest BCUT2D eigenvalue weighted by atomic mass is 11.9. The lowest BCUT2D eigenvalue weighted by Crippen LogP contribution is -2.89. The van der Waals surface area contributed by atoms with Gasteiger partial charge in [-0.05, 0) is 45.8 Å². The van der Waals surface area contributed by atoms with Gasteiger partial charge in [-0.1, -0.05) is 0 Å². The van der Waals surface area contributed by atoms with Crippen molar-refractivity contribution in [2.75, 3.05) is 0 Å². The molecule has 1 fully saturated rings. The van der Waals surface area contributed by atoms with Crippen molar-refractivity contribution in [2.24, 2.45) is 0 Å². The quantitative estimate of drug-likeness (QED) is 0.570. The Labute approximate surface area is 103 Å². The Morgan fingerprint density at radius 3 is 1.53 bits per heavy atom. The molecular weight excluding hydrogens is 274 g/mol. The Kier molecular flexibility index (Phi) is 3.81. The Balaban J connectivity index is 3.07. The van der Waals surface area contributed by atoms with E-state index in [1.165, 1.54) is 0 Å². The van der Waals surface area contributed by atoms with Crippen molar-refractivity contribution < 1.29 is 0 Å². The molecule has 0 aromatic carbocycles. The van der Waals surface area contributed by atoms with Crippen LogP contribution in [-0.2, 0) is 0 Å². The smallest absolute Gasteiger partial charge is 0.199 e. The third-order valence-corrected chi connectivity index (χ3v) is 26.9. The third kappa shape index (κ3) is 3.03. The standard InChI is InChI=1S/C7H24ClN3Si4/c1-12(8)11-14(4,5)9-13(2,3)10-15(11,6)7/h9-10,12H,1-7H3. The van der Waals surface area contributed by atoms with Crippen LogP contribution in [0.1, 0.15) is 0 Å². The first-order valence-corrected chi connectivity index (χ1v) is 17.8. The molecule has 0 aliphatic carbocycles. The van der Waals surface area contributed by atoms with Crippen LogP contribution in [0.25, 0.3) is 0 Å². The Morgan fingerprint density at radius 2 is 1.27 bits per heavy atom. The average molecular weight is 298 g/mol. The van der Waals surface area contributed by atoms with Gasteiger partial charge in [-0.15, -0.1) is 0 Å². The molecule has 3 nitrogen and oxygen atoms in total. The van der Waals surface area contributed by atoms with Crippen LogP contribution in [0, 0.1) is 0 Å². The lowest BCUT2D eigenvalue weighted by molar-refractivity contribution is 0.838. The molecule has 0 radical (unpaired) electrons. The monoisotopic (exact) mass is 297 g/mol. The molecule has 1 aliphatic heterocycles. The van der Waals surface area contributed by atoms with Gasteiger partial charge in [0.15, 0.2) is 33.5 Å². The van der Waals surface area contributed by atoms with Crippen LogP contribution >= 0.6 is 11.1 Å². The van der Waals surface area contributed by atoms with E-state index in [1.54, 1.807) is 0 Å². The summed E-state index contributed by atoms with van der Waals surface area (Å²) in [4.78, 5) is 0. The second-order valence-corrected chi connectivity index (χ2v) is 23.4. The number of halogens is 1.